The Morgan fingerprint density at radius 3 is 2.67 bits per heavy atom. The molecule has 0 atom stereocenters. The molecule has 0 fully saturated rings. The van der Waals surface area contributed by atoms with E-state index in [0.717, 1.165) is 11.6 Å². The second-order valence-corrected chi connectivity index (χ2v) is 4.00. The summed E-state index contributed by atoms with van der Waals surface area (Å²) in [4.78, 5) is 33.1. The third-order valence-electron chi connectivity index (χ3n) is 2.58. The molecule has 1 N–H and O–H groups in total. The fourth-order valence-electron chi connectivity index (χ4n) is 1.73. The van der Waals surface area contributed by atoms with E-state index < -0.39 is 17.4 Å². The number of Topliss-reactive ketones (excluding diaryl/α,β-unsaturated/α-hetero) is 1. The largest absolute Gasteiger partial charge is 0.475 e. The fourth-order valence-corrected chi connectivity index (χ4v) is 1.73. The molecule has 5 nitrogen and oxygen atoms in total. The first-order chi connectivity index (χ1) is 8.47. The number of hydrogen-bond donors (Lipinski definition) is 1. The van der Waals surface area contributed by atoms with Gasteiger partial charge >= 0.3 is 11.6 Å². The Balaban J connectivity index is 2.59. The maximum absolute atomic E-state index is 11.3. The second-order valence-electron chi connectivity index (χ2n) is 4.00. The Bertz CT molecular complexity index is 696. The molecular formula is C13H10O5. The number of carboxylic acid groups (broad SMARTS) is 1. The molecule has 0 aliphatic rings. The van der Waals surface area contributed by atoms with Crippen molar-refractivity contribution in [3.63, 3.8) is 0 Å². The molecular weight excluding hydrogens is 236 g/mol. The number of carbonyl (C=O) groups excluding carboxylic acids is 1. The average molecular weight is 246 g/mol. The minimum absolute atomic E-state index is 0.319. The van der Waals surface area contributed by atoms with Crippen LogP contribution in [0.4, 0.5) is 0 Å². The molecule has 18 heavy (non-hydrogen) atoms. The van der Waals surface area contributed by atoms with E-state index in [1.54, 1.807) is 18.2 Å². The van der Waals surface area contributed by atoms with Gasteiger partial charge in [0.05, 0.1) is 0 Å². The van der Waals surface area contributed by atoms with Crippen LogP contribution in [0, 0.1) is 6.92 Å². The summed E-state index contributed by atoms with van der Waals surface area (Å²) in [6.07, 6.45) is -0.319. The van der Waals surface area contributed by atoms with Crippen LogP contribution in [-0.4, -0.2) is 16.9 Å². The fraction of sp³-hybridized carbons (Fsp3) is 0.154. The molecule has 0 unspecified atom stereocenters. The summed E-state index contributed by atoms with van der Waals surface area (Å²) < 4.78 is 5.01. The monoisotopic (exact) mass is 246 g/mol. The molecule has 1 aromatic heterocycles. The molecule has 2 rings (SSSR count). The molecule has 0 bridgehead atoms. The average Bonchev–Trinajstić information content (AvgIpc) is 2.27. The van der Waals surface area contributed by atoms with E-state index in [4.69, 9.17) is 9.52 Å². The van der Waals surface area contributed by atoms with Crippen LogP contribution >= 0.6 is 0 Å². The SMILES string of the molecule is Cc1ccc2c(CC(=O)C(=O)O)cc(=O)oc2c1. The standard InChI is InChI=1S/C13H10O5/c1-7-2-3-9-8(5-10(14)13(16)17)6-12(15)18-11(9)4-7/h2-4,6H,5H2,1H3,(H,16,17). The van der Waals surface area contributed by atoms with E-state index in [2.05, 4.69) is 0 Å². The molecule has 0 aliphatic carbocycles. The predicted octanol–water partition coefficient (Wildman–Crippen LogP) is 1.30. The highest BCUT2D eigenvalue weighted by Crippen LogP contribution is 2.19. The van der Waals surface area contributed by atoms with Crippen LogP contribution in [0.1, 0.15) is 11.1 Å². The first-order valence-electron chi connectivity index (χ1n) is 5.27. The summed E-state index contributed by atoms with van der Waals surface area (Å²) >= 11 is 0. The minimum atomic E-state index is -1.51. The lowest BCUT2D eigenvalue weighted by molar-refractivity contribution is -0.148. The Kier molecular flexibility index (Phi) is 2.97. The van der Waals surface area contributed by atoms with Crippen LogP contribution in [-0.2, 0) is 16.0 Å². The van der Waals surface area contributed by atoms with Crippen molar-refractivity contribution in [2.45, 2.75) is 13.3 Å². The van der Waals surface area contributed by atoms with Crippen LogP contribution in [0.2, 0.25) is 0 Å². The molecule has 1 aromatic carbocycles. The van der Waals surface area contributed by atoms with Crippen LogP contribution in [0.3, 0.4) is 0 Å². The number of carboxylic acids is 1. The van der Waals surface area contributed by atoms with Crippen molar-refractivity contribution < 1.29 is 19.1 Å². The molecule has 0 spiro atoms. The third-order valence-corrected chi connectivity index (χ3v) is 2.58. The molecule has 1 heterocycles. The van der Waals surface area contributed by atoms with E-state index in [1.807, 2.05) is 6.92 Å². The van der Waals surface area contributed by atoms with Gasteiger partial charge in [0.25, 0.3) is 0 Å². The molecule has 5 heteroatoms. The molecule has 2 aromatic rings. The van der Waals surface area contributed by atoms with Crippen molar-refractivity contribution in [1.29, 1.82) is 0 Å². The molecule has 0 aliphatic heterocycles. The third kappa shape index (κ3) is 2.29. The number of fused-ring (bicyclic) bond motifs is 1. The van der Waals surface area contributed by atoms with E-state index in [9.17, 15) is 14.4 Å². The number of hydrogen-bond acceptors (Lipinski definition) is 4. The van der Waals surface area contributed by atoms with Gasteiger partial charge in [-0.15, -0.1) is 0 Å². The van der Waals surface area contributed by atoms with Crippen molar-refractivity contribution in [2.24, 2.45) is 0 Å². The minimum Gasteiger partial charge on any atom is -0.475 e. The van der Waals surface area contributed by atoms with E-state index in [1.165, 1.54) is 0 Å². The zero-order valence-corrected chi connectivity index (χ0v) is 9.60. The maximum atomic E-state index is 11.3. The van der Waals surface area contributed by atoms with Gasteiger partial charge in [-0.05, 0) is 24.1 Å². The normalized spacial score (nSPS) is 10.5. The number of carbonyl (C=O) groups is 2. The number of benzene rings is 1. The van der Waals surface area contributed by atoms with Gasteiger partial charge < -0.3 is 9.52 Å². The highest BCUT2D eigenvalue weighted by Gasteiger charge is 2.15. The van der Waals surface area contributed by atoms with Crippen LogP contribution in [0.15, 0.2) is 33.5 Å². The van der Waals surface area contributed by atoms with Crippen molar-refractivity contribution in [3.8, 4) is 0 Å². The topological polar surface area (TPSA) is 84.6 Å². The summed E-state index contributed by atoms with van der Waals surface area (Å²) in [5.41, 5.74) is 1.04. The molecule has 92 valence electrons. The van der Waals surface area contributed by atoms with Gasteiger partial charge in [-0.25, -0.2) is 9.59 Å². The van der Waals surface area contributed by atoms with Gasteiger partial charge in [0.1, 0.15) is 5.58 Å². The van der Waals surface area contributed by atoms with Crippen LogP contribution in [0.25, 0.3) is 11.0 Å². The summed E-state index contributed by atoms with van der Waals surface area (Å²) in [6, 6.07) is 6.33. The summed E-state index contributed by atoms with van der Waals surface area (Å²) in [7, 11) is 0. The van der Waals surface area contributed by atoms with E-state index in [0.29, 0.717) is 16.5 Å². The van der Waals surface area contributed by atoms with Gasteiger partial charge in [0.15, 0.2) is 0 Å². The summed E-state index contributed by atoms with van der Waals surface area (Å²) in [5.74, 6) is -2.47. The van der Waals surface area contributed by atoms with Gasteiger partial charge in [-0.1, -0.05) is 12.1 Å². The quantitative estimate of drug-likeness (QED) is 0.651. The first-order valence-corrected chi connectivity index (χ1v) is 5.27. The Hall–Kier alpha value is -2.43. The number of ketones is 1. The second kappa shape index (κ2) is 4.44. The van der Waals surface area contributed by atoms with Crippen molar-refractivity contribution >= 4 is 22.7 Å². The molecule has 0 saturated heterocycles. The smallest absolute Gasteiger partial charge is 0.372 e. The zero-order chi connectivity index (χ0) is 13.3. The highest BCUT2D eigenvalue weighted by atomic mass is 16.4. The van der Waals surface area contributed by atoms with Crippen molar-refractivity contribution in [3.05, 3.63) is 45.8 Å². The lowest BCUT2D eigenvalue weighted by atomic mass is 10.0. The summed E-state index contributed by atoms with van der Waals surface area (Å²) in [6.45, 7) is 1.84. The lowest BCUT2D eigenvalue weighted by Gasteiger charge is -2.03. The Morgan fingerprint density at radius 2 is 2.00 bits per heavy atom. The van der Waals surface area contributed by atoms with Crippen LogP contribution < -0.4 is 5.63 Å². The number of aryl methyl sites for hydroxylation is 1. The van der Waals surface area contributed by atoms with Gasteiger partial charge in [0, 0.05) is 17.9 Å². The van der Waals surface area contributed by atoms with Gasteiger partial charge in [0.2, 0.25) is 5.78 Å². The van der Waals surface area contributed by atoms with Gasteiger partial charge in [-0.3, -0.25) is 4.79 Å². The van der Waals surface area contributed by atoms with E-state index >= 15 is 0 Å². The molecule has 0 amide bonds. The number of rotatable bonds is 3. The van der Waals surface area contributed by atoms with Crippen LogP contribution in [0.5, 0.6) is 0 Å². The Morgan fingerprint density at radius 1 is 1.28 bits per heavy atom. The highest BCUT2D eigenvalue weighted by molar-refractivity contribution is 6.33. The van der Waals surface area contributed by atoms with E-state index in [-0.39, 0.29) is 6.42 Å². The zero-order valence-electron chi connectivity index (χ0n) is 9.60. The summed E-state index contributed by atoms with van der Waals surface area (Å²) in [5, 5.41) is 9.16. The molecule has 0 radical (unpaired) electrons. The lowest BCUT2D eigenvalue weighted by Crippen LogP contribution is -2.16. The van der Waals surface area contributed by atoms with Crippen molar-refractivity contribution in [2.75, 3.05) is 0 Å². The first kappa shape index (κ1) is 12.0. The molecule has 0 saturated carbocycles. The predicted molar refractivity (Wildman–Crippen MR) is 63.6 cm³/mol. The van der Waals surface area contributed by atoms with Gasteiger partial charge in [-0.2, -0.15) is 0 Å². The maximum Gasteiger partial charge on any atom is 0.372 e. The van der Waals surface area contributed by atoms with Crippen molar-refractivity contribution in [1.82, 2.24) is 0 Å². The number of aliphatic carboxylic acids is 1. The Labute approximate surface area is 102 Å².